The molecule has 2 aromatic heterocycles. The Morgan fingerprint density at radius 2 is 1.90 bits per heavy atom. The van der Waals surface area contributed by atoms with Crippen molar-refractivity contribution < 1.29 is 13.2 Å². The zero-order chi connectivity index (χ0) is 22.1. The lowest BCUT2D eigenvalue weighted by molar-refractivity contribution is 0.102. The first-order chi connectivity index (χ1) is 14.7. The molecule has 31 heavy (non-hydrogen) atoms. The van der Waals surface area contributed by atoms with Crippen molar-refractivity contribution in [2.75, 3.05) is 21.9 Å². The number of nitrogens with one attached hydrogen (secondary N) is 3. The number of nitrogens with zero attached hydrogens (tertiary/aromatic N) is 2. The van der Waals surface area contributed by atoms with Crippen LogP contribution in [0.1, 0.15) is 35.3 Å². The highest BCUT2D eigenvalue weighted by atomic mass is 32.2. The minimum Gasteiger partial charge on any atom is -0.384 e. The van der Waals surface area contributed by atoms with E-state index in [9.17, 15) is 13.2 Å². The van der Waals surface area contributed by atoms with Gasteiger partial charge in [0.05, 0.1) is 11.3 Å². The summed E-state index contributed by atoms with van der Waals surface area (Å²) >= 11 is 0. The van der Waals surface area contributed by atoms with Gasteiger partial charge in [0.2, 0.25) is 10.0 Å². The second-order valence-corrected chi connectivity index (χ2v) is 9.79. The number of hydrogen-bond donors (Lipinski definition) is 3. The fourth-order valence-corrected chi connectivity index (χ4v) is 4.68. The fraction of sp³-hybridized carbons (Fsp3) is 0.227. The Morgan fingerprint density at radius 1 is 1.13 bits per heavy atom. The molecule has 0 fully saturated rings. The molecule has 8 nitrogen and oxygen atoms in total. The SMILES string of the molecule is CC1(C)CNc2cc(NC(=O)c3cccnc3NS(=O)(=O)Cc3ccncc3)ccc21. The molecule has 3 heterocycles. The number of fused-ring (bicyclic) bond motifs is 1. The third kappa shape index (κ3) is 4.66. The summed E-state index contributed by atoms with van der Waals surface area (Å²) in [6, 6.07) is 12.1. The summed E-state index contributed by atoms with van der Waals surface area (Å²) in [5, 5.41) is 6.18. The second kappa shape index (κ2) is 7.99. The molecule has 3 aromatic rings. The van der Waals surface area contributed by atoms with Gasteiger partial charge in [-0.25, -0.2) is 13.4 Å². The summed E-state index contributed by atoms with van der Waals surface area (Å²) in [6.07, 6.45) is 4.48. The van der Waals surface area contributed by atoms with E-state index >= 15 is 0 Å². The molecule has 1 aliphatic heterocycles. The van der Waals surface area contributed by atoms with Gasteiger partial charge >= 0.3 is 0 Å². The molecule has 0 radical (unpaired) electrons. The van der Waals surface area contributed by atoms with Crippen LogP contribution >= 0.6 is 0 Å². The average molecular weight is 438 g/mol. The van der Waals surface area contributed by atoms with E-state index in [-0.39, 0.29) is 22.5 Å². The van der Waals surface area contributed by atoms with Crippen LogP contribution in [0.2, 0.25) is 0 Å². The van der Waals surface area contributed by atoms with E-state index in [4.69, 9.17) is 0 Å². The summed E-state index contributed by atoms with van der Waals surface area (Å²) in [7, 11) is -3.77. The number of pyridine rings is 2. The highest BCUT2D eigenvalue weighted by molar-refractivity contribution is 7.91. The van der Waals surface area contributed by atoms with Gasteiger partial charge in [-0.05, 0) is 47.5 Å². The lowest BCUT2D eigenvalue weighted by Crippen LogP contribution is -2.20. The first kappa shape index (κ1) is 20.8. The lowest BCUT2D eigenvalue weighted by Gasteiger charge is -2.17. The van der Waals surface area contributed by atoms with Crippen molar-refractivity contribution in [2.24, 2.45) is 0 Å². The van der Waals surface area contributed by atoms with Gasteiger partial charge < -0.3 is 10.6 Å². The van der Waals surface area contributed by atoms with Gasteiger partial charge in [-0.2, -0.15) is 0 Å². The van der Waals surface area contributed by atoms with Gasteiger partial charge in [0.15, 0.2) is 5.82 Å². The number of amides is 1. The minimum atomic E-state index is -3.77. The maximum Gasteiger partial charge on any atom is 0.259 e. The topological polar surface area (TPSA) is 113 Å². The average Bonchev–Trinajstić information content (AvgIpc) is 3.02. The molecule has 160 valence electrons. The Hall–Kier alpha value is -3.46. The molecule has 0 saturated heterocycles. The van der Waals surface area contributed by atoms with E-state index in [0.717, 1.165) is 12.2 Å². The van der Waals surface area contributed by atoms with E-state index in [0.29, 0.717) is 11.3 Å². The van der Waals surface area contributed by atoms with Gasteiger partial charge in [-0.15, -0.1) is 0 Å². The molecular weight excluding hydrogens is 414 g/mol. The number of rotatable bonds is 6. The van der Waals surface area contributed by atoms with Crippen LogP contribution in [0.3, 0.4) is 0 Å². The van der Waals surface area contributed by atoms with Gasteiger partial charge in [-0.3, -0.25) is 14.5 Å². The van der Waals surface area contributed by atoms with E-state index in [1.165, 1.54) is 30.2 Å². The monoisotopic (exact) mass is 437 g/mol. The molecule has 0 spiro atoms. The van der Waals surface area contributed by atoms with Gasteiger partial charge in [0, 0.05) is 41.9 Å². The number of sulfonamides is 1. The molecule has 0 unspecified atom stereocenters. The molecule has 0 saturated carbocycles. The molecule has 4 rings (SSSR count). The third-order valence-electron chi connectivity index (χ3n) is 5.14. The number of benzene rings is 1. The largest absolute Gasteiger partial charge is 0.384 e. The molecular formula is C22H23N5O3S. The standard InChI is InChI=1S/C22H23N5O3S/c1-22(2)14-25-19-12-16(5-6-18(19)22)26-21(28)17-4-3-9-24-20(17)27-31(29,30)13-15-7-10-23-11-8-15/h3-12,25H,13-14H2,1-2H3,(H,24,27)(H,26,28). The first-order valence-corrected chi connectivity index (χ1v) is 11.4. The Labute approximate surface area is 181 Å². The summed E-state index contributed by atoms with van der Waals surface area (Å²) in [5.41, 5.74) is 3.53. The molecule has 1 aromatic carbocycles. The Morgan fingerprint density at radius 3 is 2.68 bits per heavy atom. The minimum absolute atomic E-state index is 0.0190. The maximum absolute atomic E-state index is 12.9. The third-order valence-corrected chi connectivity index (χ3v) is 6.36. The van der Waals surface area contributed by atoms with Crippen LogP contribution in [0.4, 0.5) is 17.2 Å². The van der Waals surface area contributed by atoms with E-state index in [1.807, 2.05) is 18.2 Å². The number of anilines is 3. The van der Waals surface area contributed by atoms with Crippen LogP contribution in [0, 0.1) is 0 Å². The van der Waals surface area contributed by atoms with E-state index < -0.39 is 15.9 Å². The zero-order valence-corrected chi connectivity index (χ0v) is 18.0. The molecule has 0 bridgehead atoms. The molecule has 3 N–H and O–H groups in total. The zero-order valence-electron chi connectivity index (χ0n) is 17.2. The summed E-state index contributed by atoms with van der Waals surface area (Å²) < 4.78 is 27.6. The lowest BCUT2D eigenvalue weighted by atomic mass is 9.87. The van der Waals surface area contributed by atoms with Gasteiger partial charge in [-0.1, -0.05) is 19.9 Å². The van der Waals surface area contributed by atoms with Crippen LogP contribution < -0.4 is 15.4 Å². The van der Waals surface area contributed by atoms with Crippen LogP contribution in [-0.4, -0.2) is 30.8 Å². The molecule has 0 atom stereocenters. The fourth-order valence-electron chi connectivity index (χ4n) is 3.52. The highest BCUT2D eigenvalue weighted by Gasteiger charge is 2.29. The van der Waals surface area contributed by atoms with Crippen molar-refractivity contribution in [3.05, 3.63) is 77.7 Å². The van der Waals surface area contributed by atoms with Crippen LogP contribution in [-0.2, 0) is 21.2 Å². The molecule has 1 amide bonds. The van der Waals surface area contributed by atoms with Crippen molar-refractivity contribution in [3.63, 3.8) is 0 Å². The smallest absolute Gasteiger partial charge is 0.259 e. The van der Waals surface area contributed by atoms with Crippen LogP contribution in [0.15, 0.2) is 61.1 Å². The summed E-state index contributed by atoms with van der Waals surface area (Å²) in [4.78, 5) is 20.8. The number of aromatic nitrogens is 2. The van der Waals surface area contributed by atoms with E-state index in [1.54, 1.807) is 18.2 Å². The van der Waals surface area contributed by atoms with Gasteiger partial charge in [0.1, 0.15) is 0 Å². The second-order valence-electron chi connectivity index (χ2n) is 8.07. The normalized spacial score (nSPS) is 14.4. The first-order valence-electron chi connectivity index (χ1n) is 9.78. The van der Waals surface area contributed by atoms with Crippen molar-refractivity contribution >= 4 is 33.1 Å². The molecule has 0 aliphatic carbocycles. The Kier molecular flexibility index (Phi) is 5.36. The molecule has 1 aliphatic rings. The predicted molar refractivity (Wildman–Crippen MR) is 121 cm³/mol. The van der Waals surface area contributed by atoms with Crippen molar-refractivity contribution in [2.45, 2.75) is 25.0 Å². The van der Waals surface area contributed by atoms with Crippen molar-refractivity contribution in [3.8, 4) is 0 Å². The number of carbonyl (C=O) groups excluding carboxylic acids is 1. The quantitative estimate of drug-likeness (QED) is 0.545. The Bertz CT molecular complexity index is 1230. The van der Waals surface area contributed by atoms with Crippen molar-refractivity contribution in [1.29, 1.82) is 0 Å². The summed E-state index contributed by atoms with van der Waals surface area (Å²) in [5.74, 6) is -0.721. The van der Waals surface area contributed by atoms with Gasteiger partial charge in [0.25, 0.3) is 5.91 Å². The van der Waals surface area contributed by atoms with Crippen LogP contribution in [0.5, 0.6) is 0 Å². The van der Waals surface area contributed by atoms with Crippen molar-refractivity contribution in [1.82, 2.24) is 9.97 Å². The molecule has 9 heteroatoms. The predicted octanol–water partition coefficient (Wildman–Crippen LogP) is 3.37. The van der Waals surface area contributed by atoms with Crippen LogP contribution in [0.25, 0.3) is 0 Å². The maximum atomic E-state index is 12.9. The van der Waals surface area contributed by atoms with E-state index in [2.05, 4.69) is 39.2 Å². The summed E-state index contributed by atoms with van der Waals surface area (Å²) in [6.45, 7) is 5.14. The number of carbonyl (C=O) groups is 1. The highest BCUT2D eigenvalue weighted by Crippen LogP contribution is 2.37. The number of hydrogen-bond acceptors (Lipinski definition) is 6. The Balaban J connectivity index is 1.53.